The highest BCUT2D eigenvalue weighted by Gasteiger charge is 2.22. The summed E-state index contributed by atoms with van der Waals surface area (Å²) in [6, 6.07) is 0.445. The summed E-state index contributed by atoms with van der Waals surface area (Å²) >= 11 is 6.22. The summed E-state index contributed by atoms with van der Waals surface area (Å²) in [6.07, 6.45) is 5.56. The molecule has 1 saturated heterocycles. The predicted molar refractivity (Wildman–Crippen MR) is 82.6 cm³/mol. The van der Waals surface area contributed by atoms with Crippen molar-refractivity contribution in [1.29, 1.82) is 0 Å². The van der Waals surface area contributed by atoms with Gasteiger partial charge < -0.3 is 10.2 Å². The maximum atomic E-state index is 12.1. The normalized spacial score (nSPS) is 19.1. The number of allylic oxidation sites excluding steroid dienone is 1. The molecule has 0 aliphatic carbocycles. The number of likely N-dealkylation sites (N-methyl/N-ethyl adjacent to an activating group) is 1. The summed E-state index contributed by atoms with van der Waals surface area (Å²) < 4.78 is 1.32. The number of nitrogens with zero attached hydrogens (tertiary/aromatic N) is 3. The number of hydrogen-bond donors (Lipinski definition) is 1. The molecule has 2 heterocycles. The second-order valence-corrected chi connectivity index (χ2v) is 5.34. The lowest BCUT2D eigenvalue weighted by atomic mass is 10.1. The summed E-state index contributed by atoms with van der Waals surface area (Å²) in [5.74, 6) is 0. The van der Waals surface area contributed by atoms with Crippen molar-refractivity contribution >= 4 is 17.3 Å². The van der Waals surface area contributed by atoms with E-state index >= 15 is 0 Å². The van der Waals surface area contributed by atoms with E-state index in [1.54, 1.807) is 12.3 Å². The SMILES string of the molecule is C=CCn1ncc(N2CCCC(NCC)C2)c(Cl)c1=O. The maximum absolute atomic E-state index is 12.1. The Morgan fingerprint density at radius 3 is 3.15 bits per heavy atom. The van der Waals surface area contributed by atoms with Crippen molar-refractivity contribution in [3.05, 3.63) is 34.2 Å². The first kappa shape index (κ1) is 15.1. The van der Waals surface area contributed by atoms with Crippen LogP contribution in [0.25, 0.3) is 0 Å². The van der Waals surface area contributed by atoms with Crippen molar-refractivity contribution in [2.75, 3.05) is 24.5 Å². The van der Waals surface area contributed by atoms with Gasteiger partial charge in [0.25, 0.3) is 5.56 Å². The summed E-state index contributed by atoms with van der Waals surface area (Å²) in [5.41, 5.74) is 0.481. The number of rotatable bonds is 5. The van der Waals surface area contributed by atoms with Crippen molar-refractivity contribution in [3.8, 4) is 0 Å². The van der Waals surface area contributed by atoms with Gasteiger partial charge in [0.05, 0.1) is 18.4 Å². The molecule has 0 spiro atoms. The van der Waals surface area contributed by atoms with Gasteiger partial charge in [-0.25, -0.2) is 4.68 Å². The molecule has 6 heteroatoms. The molecule has 1 aliphatic heterocycles. The zero-order valence-electron chi connectivity index (χ0n) is 11.8. The molecule has 1 fully saturated rings. The molecule has 0 bridgehead atoms. The summed E-state index contributed by atoms with van der Waals surface area (Å²) in [7, 11) is 0. The zero-order valence-corrected chi connectivity index (χ0v) is 12.6. The van der Waals surface area contributed by atoms with E-state index in [9.17, 15) is 4.79 Å². The minimum absolute atomic E-state index is 0.249. The van der Waals surface area contributed by atoms with Gasteiger partial charge in [-0.1, -0.05) is 24.6 Å². The van der Waals surface area contributed by atoms with Crippen LogP contribution in [0.4, 0.5) is 5.69 Å². The fourth-order valence-electron chi connectivity index (χ4n) is 2.58. The average Bonchev–Trinajstić information content (AvgIpc) is 2.45. The van der Waals surface area contributed by atoms with Crippen molar-refractivity contribution in [1.82, 2.24) is 15.1 Å². The van der Waals surface area contributed by atoms with Crippen LogP contribution >= 0.6 is 11.6 Å². The first-order valence-electron chi connectivity index (χ1n) is 7.02. The Morgan fingerprint density at radius 2 is 2.45 bits per heavy atom. The zero-order chi connectivity index (χ0) is 14.5. The summed E-state index contributed by atoms with van der Waals surface area (Å²) in [5, 5.41) is 7.86. The molecule has 1 unspecified atom stereocenters. The van der Waals surface area contributed by atoms with E-state index in [0.29, 0.717) is 12.6 Å². The van der Waals surface area contributed by atoms with Crippen molar-refractivity contribution in [2.24, 2.45) is 0 Å². The van der Waals surface area contributed by atoms with Crippen molar-refractivity contribution < 1.29 is 0 Å². The summed E-state index contributed by atoms with van der Waals surface area (Å²) in [6.45, 7) is 8.80. The van der Waals surface area contributed by atoms with Gasteiger partial charge in [0.2, 0.25) is 0 Å². The van der Waals surface area contributed by atoms with Gasteiger partial charge in [-0.2, -0.15) is 5.10 Å². The molecular formula is C14H21ClN4O. The van der Waals surface area contributed by atoms with E-state index in [4.69, 9.17) is 11.6 Å². The van der Waals surface area contributed by atoms with Crippen LogP contribution in [0.2, 0.25) is 5.02 Å². The molecule has 0 saturated carbocycles. The standard InChI is InChI=1S/C14H21ClN4O/c1-3-7-19-14(20)13(15)12(9-17-19)18-8-5-6-11(10-18)16-4-2/h3,9,11,16H,1,4-8,10H2,2H3. The highest BCUT2D eigenvalue weighted by Crippen LogP contribution is 2.24. The Balaban J connectivity index is 2.22. The Labute approximate surface area is 124 Å². The van der Waals surface area contributed by atoms with Crippen LogP contribution in [-0.4, -0.2) is 35.5 Å². The van der Waals surface area contributed by atoms with Crippen molar-refractivity contribution in [3.63, 3.8) is 0 Å². The summed E-state index contributed by atoms with van der Waals surface area (Å²) in [4.78, 5) is 14.3. The third-order valence-electron chi connectivity index (χ3n) is 3.52. The minimum Gasteiger partial charge on any atom is -0.367 e. The average molecular weight is 297 g/mol. The highest BCUT2D eigenvalue weighted by atomic mass is 35.5. The van der Waals surface area contributed by atoms with Crippen LogP contribution in [0, 0.1) is 0 Å². The number of aromatic nitrogens is 2. The fourth-order valence-corrected chi connectivity index (χ4v) is 2.85. The predicted octanol–water partition coefficient (Wildman–Crippen LogP) is 1.66. The van der Waals surface area contributed by atoms with Gasteiger partial charge in [-0.3, -0.25) is 4.79 Å². The van der Waals surface area contributed by atoms with Gasteiger partial charge >= 0.3 is 0 Å². The Bertz CT molecular complexity index is 526. The molecule has 1 aromatic heterocycles. The van der Waals surface area contributed by atoms with E-state index in [1.165, 1.54) is 4.68 Å². The minimum atomic E-state index is -0.255. The van der Waals surface area contributed by atoms with E-state index in [0.717, 1.165) is 38.2 Å². The van der Waals surface area contributed by atoms with Gasteiger partial charge in [0, 0.05) is 19.1 Å². The van der Waals surface area contributed by atoms with Crippen LogP contribution < -0.4 is 15.8 Å². The molecule has 1 aliphatic rings. The van der Waals surface area contributed by atoms with E-state index in [-0.39, 0.29) is 10.6 Å². The fraction of sp³-hybridized carbons (Fsp3) is 0.571. The Morgan fingerprint density at radius 1 is 1.65 bits per heavy atom. The second-order valence-electron chi connectivity index (χ2n) is 4.96. The molecule has 1 aromatic rings. The van der Waals surface area contributed by atoms with E-state index < -0.39 is 0 Å². The molecule has 2 rings (SSSR count). The molecule has 0 amide bonds. The smallest absolute Gasteiger partial charge is 0.287 e. The second kappa shape index (κ2) is 6.90. The number of anilines is 1. The molecule has 0 radical (unpaired) electrons. The molecule has 20 heavy (non-hydrogen) atoms. The quantitative estimate of drug-likeness (QED) is 0.840. The topological polar surface area (TPSA) is 50.2 Å². The third kappa shape index (κ3) is 3.22. The molecule has 1 atom stereocenters. The molecule has 1 N–H and O–H groups in total. The lowest BCUT2D eigenvalue weighted by Gasteiger charge is -2.34. The number of hydrogen-bond acceptors (Lipinski definition) is 4. The Kier molecular flexibility index (Phi) is 5.20. The number of piperidine rings is 1. The molecule has 0 aromatic carbocycles. The van der Waals surface area contributed by atoms with Gasteiger partial charge in [0.1, 0.15) is 5.02 Å². The largest absolute Gasteiger partial charge is 0.367 e. The lowest BCUT2D eigenvalue weighted by molar-refractivity contribution is 0.430. The first-order valence-corrected chi connectivity index (χ1v) is 7.40. The molecular weight excluding hydrogens is 276 g/mol. The number of halogens is 1. The Hall–Kier alpha value is -1.33. The third-order valence-corrected chi connectivity index (χ3v) is 3.88. The van der Waals surface area contributed by atoms with Crippen LogP contribution in [0.15, 0.2) is 23.6 Å². The van der Waals surface area contributed by atoms with Crippen LogP contribution in [0.1, 0.15) is 19.8 Å². The van der Waals surface area contributed by atoms with E-state index in [2.05, 4.69) is 28.8 Å². The monoisotopic (exact) mass is 296 g/mol. The van der Waals surface area contributed by atoms with Gasteiger partial charge in [-0.15, -0.1) is 6.58 Å². The number of nitrogens with one attached hydrogen (secondary N) is 1. The van der Waals surface area contributed by atoms with Crippen LogP contribution in [-0.2, 0) is 6.54 Å². The van der Waals surface area contributed by atoms with E-state index in [1.807, 2.05) is 0 Å². The maximum Gasteiger partial charge on any atom is 0.287 e. The van der Waals surface area contributed by atoms with Gasteiger partial charge in [-0.05, 0) is 19.4 Å². The van der Waals surface area contributed by atoms with Crippen molar-refractivity contribution in [2.45, 2.75) is 32.4 Å². The first-order chi connectivity index (χ1) is 9.67. The highest BCUT2D eigenvalue weighted by molar-refractivity contribution is 6.33. The lowest BCUT2D eigenvalue weighted by Crippen LogP contribution is -2.46. The van der Waals surface area contributed by atoms with Crippen LogP contribution in [0.5, 0.6) is 0 Å². The van der Waals surface area contributed by atoms with Crippen LogP contribution in [0.3, 0.4) is 0 Å². The molecule has 110 valence electrons. The van der Waals surface area contributed by atoms with Gasteiger partial charge in [0.15, 0.2) is 0 Å². The molecule has 5 nitrogen and oxygen atoms in total.